The second-order valence-corrected chi connectivity index (χ2v) is 2.95. The van der Waals surface area contributed by atoms with Crippen LogP contribution >= 0.6 is 0 Å². The molecule has 0 radical (unpaired) electrons. The predicted molar refractivity (Wildman–Crippen MR) is 42.8 cm³/mol. The molecule has 0 bridgehead atoms. The van der Waals surface area contributed by atoms with E-state index in [0.29, 0.717) is 0 Å². The monoisotopic (exact) mass is 140 g/mol. The van der Waals surface area contributed by atoms with Gasteiger partial charge < -0.3 is 5.11 Å². The van der Waals surface area contributed by atoms with Gasteiger partial charge in [0.05, 0.1) is 6.10 Å². The summed E-state index contributed by atoms with van der Waals surface area (Å²) in [6.07, 6.45) is 7.79. The second kappa shape index (κ2) is 3.77. The van der Waals surface area contributed by atoms with Crippen molar-refractivity contribution in [3.05, 3.63) is 11.6 Å². The highest BCUT2D eigenvalue weighted by molar-refractivity contribution is 5.09. The van der Waals surface area contributed by atoms with Gasteiger partial charge in [0.2, 0.25) is 0 Å². The lowest BCUT2D eigenvalue weighted by atomic mass is 9.94. The minimum absolute atomic E-state index is 0.153. The molecule has 0 aromatic heterocycles. The maximum absolute atomic E-state index is 9.41. The van der Waals surface area contributed by atoms with Crippen LogP contribution in [0, 0.1) is 0 Å². The fourth-order valence-corrected chi connectivity index (χ4v) is 1.43. The highest BCUT2D eigenvalue weighted by atomic mass is 16.3. The molecule has 1 aliphatic rings. The molecule has 0 heterocycles. The largest absolute Gasteiger partial charge is 0.389 e. The molecule has 0 aromatic carbocycles. The van der Waals surface area contributed by atoms with Crippen LogP contribution in [-0.4, -0.2) is 11.2 Å². The summed E-state index contributed by atoms with van der Waals surface area (Å²) in [6, 6.07) is 0. The fraction of sp³-hybridized carbons (Fsp3) is 0.778. The van der Waals surface area contributed by atoms with Crippen molar-refractivity contribution in [3.63, 3.8) is 0 Å². The zero-order valence-corrected chi connectivity index (χ0v) is 6.64. The molecule has 0 saturated carbocycles. The maximum atomic E-state index is 9.41. The normalized spacial score (nSPS) is 22.0. The first-order chi connectivity index (χ1) is 4.84. The molecule has 1 N–H and O–H groups in total. The Bertz CT molecular complexity index is 127. The van der Waals surface area contributed by atoms with E-state index in [4.69, 9.17) is 0 Å². The van der Waals surface area contributed by atoms with Crippen molar-refractivity contribution in [2.24, 2.45) is 0 Å². The molecule has 0 saturated heterocycles. The summed E-state index contributed by atoms with van der Waals surface area (Å²) >= 11 is 0. The van der Waals surface area contributed by atoms with Crippen LogP contribution in [0.1, 0.15) is 39.0 Å². The molecule has 0 amide bonds. The molecule has 1 atom stereocenters. The van der Waals surface area contributed by atoms with Crippen LogP contribution in [0.15, 0.2) is 11.6 Å². The van der Waals surface area contributed by atoms with Crippen molar-refractivity contribution in [1.29, 1.82) is 0 Å². The van der Waals surface area contributed by atoms with Gasteiger partial charge in [-0.3, -0.25) is 0 Å². The molecule has 1 aliphatic carbocycles. The van der Waals surface area contributed by atoms with Gasteiger partial charge in [0.1, 0.15) is 0 Å². The Morgan fingerprint density at radius 3 is 2.90 bits per heavy atom. The first-order valence-corrected chi connectivity index (χ1v) is 4.21. The Balaban J connectivity index is 2.44. The van der Waals surface area contributed by atoms with Crippen LogP contribution in [0.2, 0.25) is 0 Å². The van der Waals surface area contributed by atoms with E-state index in [0.717, 1.165) is 12.8 Å². The summed E-state index contributed by atoms with van der Waals surface area (Å²) in [5.74, 6) is 0. The zero-order valence-electron chi connectivity index (χ0n) is 6.64. The summed E-state index contributed by atoms with van der Waals surface area (Å²) in [5.41, 5.74) is 1.27. The van der Waals surface area contributed by atoms with E-state index in [2.05, 4.69) is 6.08 Å². The number of rotatable bonds is 2. The Morgan fingerprint density at radius 2 is 2.40 bits per heavy atom. The van der Waals surface area contributed by atoms with Crippen LogP contribution < -0.4 is 0 Å². The van der Waals surface area contributed by atoms with Crippen LogP contribution in [0.3, 0.4) is 0 Å². The van der Waals surface area contributed by atoms with E-state index < -0.39 is 0 Å². The Hall–Kier alpha value is -0.300. The van der Waals surface area contributed by atoms with Crippen LogP contribution in [0.5, 0.6) is 0 Å². The minimum Gasteiger partial charge on any atom is -0.389 e. The molecule has 1 nitrogen and oxygen atoms in total. The summed E-state index contributed by atoms with van der Waals surface area (Å²) in [7, 11) is 0. The van der Waals surface area contributed by atoms with Crippen LogP contribution in [0.4, 0.5) is 0 Å². The topological polar surface area (TPSA) is 20.2 Å². The second-order valence-electron chi connectivity index (χ2n) is 2.95. The molecule has 1 heteroatoms. The molecule has 0 fully saturated rings. The summed E-state index contributed by atoms with van der Waals surface area (Å²) < 4.78 is 0. The van der Waals surface area contributed by atoms with Gasteiger partial charge in [-0.2, -0.15) is 0 Å². The molecule has 58 valence electrons. The van der Waals surface area contributed by atoms with Gasteiger partial charge in [-0.05, 0) is 37.7 Å². The maximum Gasteiger partial charge on any atom is 0.0747 e. The molecular formula is C9H16O. The first-order valence-electron chi connectivity index (χ1n) is 4.21. The first kappa shape index (κ1) is 7.80. The number of hydrogen-bond donors (Lipinski definition) is 1. The van der Waals surface area contributed by atoms with E-state index in [1.807, 2.05) is 6.92 Å². The minimum atomic E-state index is -0.153. The third kappa shape index (κ3) is 1.84. The SMILES string of the molecule is CC[C@@H](O)C1=CCCCC1. The lowest BCUT2D eigenvalue weighted by molar-refractivity contribution is 0.199. The number of aliphatic hydroxyl groups is 1. The Labute approximate surface area is 62.8 Å². The van der Waals surface area contributed by atoms with E-state index in [9.17, 15) is 5.11 Å². The van der Waals surface area contributed by atoms with Gasteiger partial charge in [0.25, 0.3) is 0 Å². The molecule has 0 aliphatic heterocycles. The van der Waals surface area contributed by atoms with Gasteiger partial charge in [-0.1, -0.05) is 13.0 Å². The smallest absolute Gasteiger partial charge is 0.0747 e. The standard InChI is InChI=1S/C9H16O/c1-2-9(10)8-6-4-3-5-7-8/h6,9-10H,2-5,7H2,1H3/t9-/m1/s1. The molecule has 0 spiro atoms. The quantitative estimate of drug-likeness (QED) is 0.583. The van der Waals surface area contributed by atoms with Gasteiger partial charge in [-0.25, -0.2) is 0 Å². The average Bonchev–Trinajstić information content (AvgIpc) is 2.05. The van der Waals surface area contributed by atoms with Crippen LogP contribution in [-0.2, 0) is 0 Å². The fourth-order valence-electron chi connectivity index (χ4n) is 1.43. The molecule has 10 heavy (non-hydrogen) atoms. The third-order valence-electron chi connectivity index (χ3n) is 2.14. The molecule has 0 unspecified atom stereocenters. The van der Waals surface area contributed by atoms with Crippen LogP contribution in [0.25, 0.3) is 0 Å². The van der Waals surface area contributed by atoms with Crippen molar-refractivity contribution in [3.8, 4) is 0 Å². The number of allylic oxidation sites excluding steroid dienone is 1. The van der Waals surface area contributed by atoms with E-state index in [1.54, 1.807) is 0 Å². The van der Waals surface area contributed by atoms with Crippen molar-refractivity contribution < 1.29 is 5.11 Å². The number of hydrogen-bond acceptors (Lipinski definition) is 1. The van der Waals surface area contributed by atoms with E-state index in [1.165, 1.54) is 24.8 Å². The summed E-state index contributed by atoms with van der Waals surface area (Å²) in [4.78, 5) is 0. The molecule has 1 rings (SSSR count). The van der Waals surface area contributed by atoms with Gasteiger partial charge in [0, 0.05) is 0 Å². The van der Waals surface area contributed by atoms with Crippen molar-refractivity contribution in [2.45, 2.75) is 45.1 Å². The lowest BCUT2D eigenvalue weighted by Gasteiger charge is -2.16. The highest BCUT2D eigenvalue weighted by Crippen LogP contribution is 2.21. The van der Waals surface area contributed by atoms with Crippen molar-refractivity contribution in [1.82, 2.24) is 0 Å². The van der Waals surface area contributed by atoms with E-state index in [-0.39, 0.29) is 6.10 Å². The highest BCUT2D eigenvalue weighted by Gasteiger charge is 2.10. The van der Waals surface area contributed by atoms with E-state index >= 15 is 0 Å². The number of aliphatic hydroxyl groups excluding tert-OH is 1. The van der Waals surface area contributed by atoms with Gasteiger partial charge >= 0.3 is 0 Å². The summed E-state index contributed by atoms with van der Waals surface area (Å²) in [5, 5.41) is 9.41. The van der Waals surface area contributed by atoms with Gasteiger partial charge in [-0.15, -0.1) is 0 Å². The lowest BCUT2D eigenvalue weighted by Crippen LogP contribution is -2.10. The van der Waals surface area contributed by atoms with Gasteiger partial charge in [0.15, 0.2) is 0 Å². The zero-order chi connectivity index (χ0) is 7.40. The Kier molecular flexibility index (Phi) is 2.94. The molecular weight excluding hydrogens is 124 g/mol. The predicted octanol–water partition coefficient (Wildman–Crippen LogP) is 2.26. The van der Waals surface area contributed by atoms with Crippen molar-refractivity contribution in [2.75, 3.05) is 0 Å². The van der Waals surface area contributed by atoms with Crippen molar-refractivity contribution >= 4 is 0 Å². The average molecular weight is 140 g/mol. The molecule has 0 aromatic rings. The Morgan fingerprint density at radius 1 is 1.60 bits per heavy atom. The summed E-state index contributed by atoms with van der Waals surface area (Å²) in [6.45, 7) is 2.03. The third-order valence-corrected chi connectivity index (χ3v) is 2.14.